The maximum absolute atomic E-state index is 14.4. The number of nitrogens with zero attached hydrogens (tertiary/aromatic N) is 2. The molecular formula is C33H24ClN3O3. The van der Waals surface area contributed by atoms with Crippen molar-refractivity contribution in [3.05, 3.63) is 135 Å². The number of rotatable bonds is 4. The van der Waals surface area contributed by atoms with E-state index >= 15 is 0 Å². The summed E-state index contributed by atoms with van der Waals surface area (Å²) in [5.41, 5.74) is 7.28. The van der Waals surface area contributed by atoms with Gasteiger partial charge in [0.2, 0.25) is 11.8 Å². The van der Waals surface area contributed by atoms with Crippen LogP contribution in [0, 0.1) is 18.8 Å². The van der Waals surface area contributed by atoms with Crippen LogP contribution in [0.3, 0.4) is 0 Å². The van der Waals surface area contributed by atoms with Gasteiger partial charge in [0.05, 0.1) is 28.0 Å². The summed E-state index contributed by atoms with van der Waals surface area (Å²) in [6.07, 6.45) is 1.66. The molecule has 6 nitrogen and oxygen atoms in total. The Bertz CT molecular complexity index is 1700. The summed E-state index contributed by atoms with van der Waals surface area (Å²) < 4.78 is 0. The summed E-state index contributed by atoms with van der Waals surface area (Å²) in [6, 6.07) is 29.9. The van der Waals surface area contributed by atoms with Gasteiger partial charge in [-0.25, -0.2) is 10.3 Å². The summed E-state index contributed by atoms with van der Waals surface area (Å²) in [7, 11) is 0. The Morgan fingerprint density at radius 2 is 1.45 bits per heavy atom. The first-order chi connectivity index (χ1) is 19.4. The molecule has 0 aromatic heterocycles. The molecular weight excluding hydrogens is 522 g/mol. The Kier molecular flexibility index (Phi) is 5.51. The second-order valence-electron chi connectivity index (χ2n) is 10.6. The van der Waals surface area contributed by atoms with Gasteiger partial charge in [-0.1, -0.05) is 90.0 Å². The average Bonchev–Trinajstić information content (AvgIpc) is 3.24. The number of hydrogen-bond acceptors (Lipinski definition) is 4. The number of amides is 3. The molecule has 1 fully saturated rings. The van der Waals surface area contributed by atoms with E-state index < -0.39 is 17.3 Å². The lowest BCUT2D eigenvalue weighted by Crippen LogP contribution is -2.54. The maximum Gasteiger partial charge on any atom is 0.271 e. The minimum Gasteiger partial charge on any atom is -0.274 e. The number of hydrazone groups is 1. The third-order valence-electron chi connectivity index (χ3n) is 8.53. The van der Waals surface area contributed by atoms with Crippen LogP contribution in [0.4, 0.5) is 5.69 Å². The Morgan fingerprint density at radius 3 is 2.10 bits per heavy atom. The summed E-state index contributed by atoms with van der Waals surface area (Å²) in [6.45, 7) is 1.95. The predicted octanol–water partition coefficient (Wildman–Crippen LogP) is 5.62. The van der Waals surface area contributed by atoms with E-state index in [4.69, 9.17) is 11.6 Å². The van der Waals surface area contributed by atoms with Crippen LogP contribution in [0.25, 0.3) is 0 Å². The van der Waals surface area contributed by atoms with Crippen LogP contribution in [-0.2, 0) is 15.0 Å². The second-order valence-corrected chi connectivity index (χ2v) is 11.0. The molecule has 3 aliphatic carbocycles. The summed E-state index contributed by atoms with van der Waals surface area (Å²) in [4.78, 5) is 42.7. The Hall–Kier alpha value is -4.55. The van der Waals surface area contributed by atoms with Crippen molar-refractivity contribution in [3.63, 3.8) is 0 Å². The monoisotopic (exact) mass is 545 g/mol. The van der Waals surface area contributed by atoms with E-state index in [9.17, 15) is 14.4 Å². The van der Waals surface area contributed by atoms with Gasteiger partial charge < -0.3 is 0 Å². The van der Waals surface area contributed by atoms with Crippen molar-refractivity contribution < 1.29 is 14.4 Å². The smallest absolute Gasteiger partial charge is 0.271 e. The molecule has 196 valence electrons. The number of anilines is 1. The van der Waals surface area contributed by atoms with Gasteiger partial charge in [-0.05, 0) is 53.4 Å². The first kappa shape index (κ1) is 24.5. The van der Waals surface area contributed by atoms with Gasteiger partial charge >= 0.3 is 0 Å². The molecule has 40 heavy (non-hydrogen) atoms. The van der Waals surface area contributed by atoms with Crippen molar-refractivity contribution in [2.45, 2.75) is 18.3 Å². The number of halogens is 1. The molecule has 2 atom stereocenters. The molecule has 0 unspecified atom stereocenters. The molecule has 2 bridgehead atoms. The fourth-order valence-electron chi connectivity index (χ4n) is 6.88. The van der Waals surface area contributed by atoms with E-state index in [1.165, 1.54) is 4.90 Å². The first-order valence-corrected chi connectivity index (χ1v) is 13.5. The Labute approximate surface area is 236 Å². The van der Waals surface area contributed by atoms with Crippen LogP contribution in [-0.4, -0.2) is 23.9 Å². The Morgan fingerprint density at radius 1 is 0.850 bits per heavy atom. The van der Waals surface area contributed by atoms with Crippen LogP contribution in [0.1, 0.15) is 44.1 Å². The van der Waals surface area contributed by atoms with Crippen molar-refractivity contribution >= 4 is 41.2 Å². The van der Waals surface area contributed by atoms with Crippen molar-refractivity contribution in [2.75, 3.05) is 4.90 Å². The summed E-state index contributed by atoms with van der Waals surface area (Å²) in [5.74, 6) is -2.66. The average molecular weight is 546 g/mol. The fraction of sp³-hybridized carbons (Fsp3) is 0.152. The lowest BCUT2D eigenvalue weighted by atomic mass is 9.47. The van der Waals surface area contributed by atoms with Crippen LogP contribution < -0.4 is 10.3 Å². The van der Waals surface area contributed by atoms with Crippen LogP contribution in [0.2, 0.25) is 5.02 Å². The van der Waals surface area contributed by atoms with Gasteiger partial charge in [-0.3, -0.25) is 14.4 Å². The quantitative estimate of drug-likeness (QED) is 0.205. The lowest BCUT2D eigenvalue weighted by Gasteiger charge is -2.52. The molecule has 4 aliphatic rings. The van der Waals surface area contributed by atoms with Gasteiger partial charge in [0.25, 0.3) is 5.91 Å². The van der Waals surface area contributed by atoms with E-state index in [1.54, 1.807) is 42.6 Å². The lowest BCUT2D eigenvalue weighted by molar-refractivity contribution is -0.122. The summed E-state index contributed by atoms with van der Waals surface area (Å²) in [5, 5.41) is 4.79. The highest BCUT2D eigenvalue weighted by atomic mass is 35.5. The Balaban J connectivity index is 1.41. The van der Waals surface area contributed by atoms with Crippen molar-refractivity contribution in [1.82, 2.24) is 5.43 Å². The second kappa shape index (κ2) is 9.00. The number of benzene rings is 4. The van der Waals surface area contributed by atoms with Gasteiger partial charge in [0.15, 0.2) is 0 Å². The molecule has 8 rings (SSSR count). The fourth-order valence-corrected chi connectivity index (χ4v) is 7.10. The van der Waals surface area contributed by atoms with E-state index in [0.29, 0.717) is 16.3 Å². The highest BCUT2D eigenvalue weighted by Gasteiger charge is 2.68. The molecule has 1 saturated heterocycles. The number of imide groups is 1. The number of hydrogen-bond donors (Lipinski definition) is 1. The molecule has 4 aromatic rings. The molecule has 0 saturated carbocycles. The molecule has 0 radical (unpaired) electrons. The van der Waals surface area contributed by atoms with Crippen LogP contribution >= 0.6 is 11.6 Å². The van der Waals surface area contributed by atoms with Crippen molar-refractivity contribution in [1.29, 1.82) is 0 Å². The highest BCUT2D eigenvalue weighted by molar-refractivity contribution is 6.36. The molecule has 1 N–H and O–H groups in total. The van der Waals surface area contributed by atoms with Gasteiger partial charge in [0.1, 0.15) is 0 Å². The normalized spacial score (nSPS) is 24.1. The molecule has 3 amide bonds. The van der Waals surface area contributed by atoms with Crippen LogP contribution in [0.15, 0.2) is 102 Å². The maximum atomic E-state index is 14.4. The number of nitrogens with one attached hydrogen (secondary N) is 1. The predicted molar refractivity (Wildman–Crippen MR) is 154 cm³/mol. The molecule has 1 heterocycles. The number of aryl methyl sites for hydroxylation is 1. The molecule has 1 aliphatic heterocycles. The number of carbonyl (C=O) groups excluding carboxylic acids is 3. The SMILES string of the molecule is Cc1ccc(C(=O)N/N=C/C23c4ccccc4C(c4ccccc42)[C@H]2C(=O)N(c4ccccc4Cl)C(=O)[C@H]23)cc1. The van der Waals surface area contributed by atoms with E-state index in [2.05, 4.69) is 10.5 Å². The molecule has 7 heteroatoms. The molecule has 0 spiro atoms. The van der Waals surface area contributed by atoms with Crippen molar-refractivity contribution in [3.8, 4) is 0 Å². The van der Waals surface area contributed by atoms with Crippen molar-refractivity contribution in [2.24, 2.45) is 16.9 Å². The minimum atomic E-state index is -1.07. The number of carbonyl (C=O) groups is 3. The van der Waals surface area contributed by atoms with Gasteiger partial charge in [0, 0.05) is 17.7 Å². The zero-order chi connectivity index (χ0) is 27.6. The zero-order valence-electron chi connectivity index (χ0n) is 21.5. The van der Waals surface area contributed by atoms with E-state index in [-0.39, 0.29) is 23.6 Å². The number of para-hydroxylation sites is 1. The van der Waals surface area contributed by atoms with E-state index in [0.717, 1.165) is 27.8 Å². The standard InChI is InChI=1S/C33H24ClN3O3/c1-19-14-16-20(17-15-19)30(38)36-35-18-33-23-10-4-2-8-21(23)27(22-9-3-5-11-24(22)33)28-29(33)32(40)37(31(28)39)26-13-7-6-12-25(26)34/h2-18,27-29H,1H3,(H,36,38)/b35-18+/t27?,28-,29+,33?/m1/s1. The minimum absolute atomic E-state index is 0.279. The largest absolute Gasteiger partial charge is 0.274 e. The third-order valence-corrected chi connectivity index (χ3v) is 8.84. The van der Waals surface area contributed by atoms with Crippen LogP contribution in [0.5, 0.6) is 0 Å². The highest BCUT2D eigenvalue weighted by Crippen LogP contribution is 2.63. The van der Waals surface area contributed by atoms with Gasteiger partial charge in [-0.15, -0.1) is 0 Å². The summed E-state index contributed by atoms with van der Waals surface area (Å²) >= 11 is 6.50. The molecule has 4 aromatic carbocycles. The zero-order valence-corrected chi connectivity index (χ0v) is 22.3. The van der Waals surface area contributed by atoms with E-state index in [1.807, 2.05) is 67.6 Å². The topological polar surface area (TPSA) is 78.8 Å². The van der Waals surface area contributed by atoms with Gasteiger partial charge in [-0.2, -0.15) is 5.10 Å². The first-order valence-electron chi connectivity index (χ1n) is 13.2. The third kappa shape index (κ3) is 3.29.